The molecule has 0 radical (unpaired) electrons. The van der Waals surface area contributed by atoms with Crippen molar-refractivity contribution in [3.8, 4) is 0 Å². The molecule has 1 saturated heterocycles. The highest BCUT2D eigenvalue weighted by atomic mass is 32.2. The Hall–Kier alpha value is -0.170. The molecule has 0 amide bonds. The van der Waals surface area contributed by atoms with Gasteiger partial charge in [0.1, 0.15) is 0 Å². The largest absolute Gasteiger partial charge is 0.319 e. The van der Waals surface area contributed by atoms with Gasteiger partial charge in [0.15, 0.2) is 0 Å². The van der Waals surface area contributed by atoms with Gasteiger partial charge in [-0.15, -0.1) is 0 Å². The molecule has 2 aliphatic rings. The number of hydrogen-bond donors (Lipinski definition) is 1. The van der Waals surface area contributed by atoms with Crippen molar-refractivity contribution in [2.45, 2.75) is 51.5 Å². The fourth-order valence-corrected chi connectivity index (χ4v) is 5.34. The maximum Gasteiger partial charge on any atom is 0.281 e. The van der Waals surface area contributed by atoms with Gasteiger partial charge >= 0.3 is 0 Å². The lowest BCUT2D eigenvalue weighted by atomic mass is 9.87. The van der Waals surface area contributed by atoms with E-state index < -0.39 is 10.2 Å². The van der Waals surface area contributed by atoms with Crippen molar-refractivity contribution in [2.24, 2.45) is 11.8 Å². The van der Waals surface area contributed by atoms with E-state index in [1.165, 1.54) is 6.42 Å². The SMILES string of the molecule is CNCC1CCN(S(=O)(=O)N(C)C2CCCC(C)C2)CC1. The van der Waals surface area contributed by atoms with Crippen molar-refractivity contribution in [1.82, 2.24) is 13.9 Å². The fraction of sp³-hybridized carbons (Fsp3) is 1.00. The molecule has 124 valence electrons. The number of nitrogens with one attached hydrogen (secondary N) is 1. The first-order chi connectivity index (χ1) is 9.95. The molecule has 21 heavy (non-hydrogen) atoms. The molecule has 0 spiro atoms. The standard InChI is InChI=1S/C15H31N3O2S/c1-13-5-4-6-15(11-13)17(3)21(19,20)18-9-7-14(8-10-18)12-16-2/h13-16H,4-12H2,1-3H3. The molecule has 2 rings (SSSR count). The summed E-state index contributed by atoms with van der Waals surface area (Å²) in [6.07, 6.45) is 6.34. The van der Waals surface area contributed by atoms with Gasteiger partial charge in [-0.3, -0.25) is 0 Å². The molecule has 1 heterocycles. The number of piperidine rings is 1. The van der Waals surface area contributed by atoms with E-state index in [9.17, 15) is 8.42 Å². The smallest absolute Gasteiger partial charge is 0.281 e. The molecule has 2 atom stereocenters. The van der Waals surface area contributed by atoms with Gasteiger partial charge in [-0.05, 0) is 51.1 Å². The van der Waals surface area contributed by atoms with Crippen LogP contribution in [0.25, 0.3) is 0 Å². The summed E-state index contributed by atoms with van der Waals surface area (Å²) in [5, 5.41) is 3.19. The quantitative estimate of drug-likeness (QED) is 0.839. The summed E-state index contributed by atoms with van der Waals surface area (Å²) in [6, 6.07) is 0.189. The van der Waals surface area contributed by atoms with Crippen LogP contribution in [0, 0.1) is 11.8 Å². The lowest BCUT2D eigenvalue weighted by Gasteiger charge is -2.38. The van der Waals surface area contributed by atoms with Crippen LogP contribution in [0.4, 0.5) is 0 Å². The van der Waals surface area contributed by atoms with Crippen LogP contribution in [0.3, 0.4) is 0 Å². The molecule has 0 aromatic rings. The summed E-state index contributed by atoms with van der Waals surface area (Å²) in [7, 11) is 0.458. The van der Waals surface area contributed by atoms with E-state index >= 15 is 0 Å². The van der Waals surface area contributed by atoms with Crippen LogP contribution in [0.5, 0.6) is 0 Å². The molecule has 0 aromatic heterocycles. The van der Waals surface area contributed by atoms with Crippen LogP contribution in [0.15, 0.2) is 0 Å². The number of rotatable bonds is 5. The maximum atomic E-state index is 12.8. The molecule has 2 fully saturated rings. The number of nitrogens with zero attached hydrogens (tertiary/aromatic N) is 2. The lowest BCUT2D eigenvalue weighted by molar-refractivity contribution is 0.210. The van der Waals surface area contributed by atoms with Crippen molar-refractivity contribution in [3.05, 3.63) is 0 Å². The van der Waals surface area contributed by atoms with Gasteiger partial charge in [0.05, 0.1) is 0 Å². The average molecular weight is 317 g/mol. The van der Waals surface area contributed by atoms with Gasteiger partial charge in [-0.1, -0.05) is 19.8 Å². The summed E-state index contributed by atoms with van der Waals surface area (Å²) >= 11 is 0. The first-order valence-corrected chi connectivity index (χ1v) is 9.72. The van der Waals surface area contributed by atoms with Crippen molar-refractivity contribution in [3.63, 3.8) is 0 Å². The average Bonchev–Trinajstić information content (AvgIpc) is 2.47. The summed E-state index contributed by atoms with van der Waals surface area (Å²) in [5.74, 6) is 1.25. The predicted octanol–water partition coefficient (Wildman–Crippen LogP) is 1.67. The highest BCUT2D eigenvalue weighted by molar-refractivity contribution is 7.86. The van der Waals surface area contributed by atoms with Crippen molar-refractivity contribution < 1.29 is 8.42 Å². The molecule has 1 saturated carbocycles. The Labute approximate surface area is 130 Å². The summed E-state index contributed by atoms with van der Waals surface area (Å²) in [5.41, 5.74) is 0. The van der Waals surface area contributed by atoms with Crippen molar-refractivity contribution in [1.29, 1.82) is 0 Å². The van der Waals surface area contributed by atoms with E-state index in [2.05, 4.69) is 12.2 Å². The van der Waals surface area contributed by atoms with Crippen LogP contribution in [-0.2, 0) is 10.2 Å². The summed E-state index contributed by atoms with van der Waals surface area (Å²) in [6.45, 7) is 4.56. The third-order valence-corrected chi connectivity index (χ3v) is 7.22. The van der Waals surface area contributed by atoms with Crippen LogP contribution < -0.4 is 5.32 Å². The predicted molar refractivity (Wildman–Crippen MR) is 86.3 cm³/mol. The second kappa shape index (κ2) is 7.40. The second-order valence-corrected chi connectivity index (χ2v) is 8.84. The first-order valence-electron chi connectivity index (χ1n) is 8.32. The van der Waals surface area contributed by atoms with Gasteiger partial charge < -0.3 is 5.32 Å². The molecule has 5 nitrogen and oxygen atoms in total. The van der Waals surface area contributed by atoms with Gasteiger partial charge in [0, 0.05) is 26.2 Å². The van der Waals surface area contributed by atoms with E-state index in [-0.39, 0.29) is 6.04 Å². The second-order valence-electron chi connectivity index (χ2n) is 6.85. The normalized spacial score (nSPS) is 29.9. The monoisotopic (exact) mass is 317 g/mol. The Morgan fingerprint density at radius 2 is 1.86 bits per heavy atom. The Bertz CT molecular complexity index is 419. The van der Waals surface area contributed by atoms with Gasteiger partial charge in [-0.25, -0.2) is 0 Å². The third kappa shape index (κ3) is 4.18. The highest BCUT2D eigenvalue weighted by Gasteiger charge is 2.35. The zero-order chi connectivity index (χ0) is 15.5. The molecule has 6 heteroatoms. The third-order valence-electron chi connectivity index (χ3n) is 5.18. The van der Waals surface area contributed by atoms with Crippen LogP contribution in [-0.4, -0.2) is 56.8 Å². The molecular formula is C15H31N3O2S. The minimum absolute atomic E-state index is 0.189. The minimum Gasteiger partial charge on any atom is -0.319 e. The van der Waals surface area contributed by atoms with Crippen LogP contribution in [0.2, 0.25) is 0 Å². The van der Waals surface area contributed by atoms with Crippen LogP contribution >= 0.6 is 0 Å². The molecule has 2 unspecified atom stereocenters. The van der Waals surface area contributed by atoms with E-state index in [0.717, 1.165) is 38.6 Å². The lowest BCUT2D eigenvalue weighted by Crippen LogP contribution is -2.50. The van der Waals surface area contributed by atoms with E-state index in [0.29, 0.717) is 24.9 Å². The molecule has 1 aliphatic carbocycles. The zero-order valence-corrected chi connectivity index (χ0v) is 14.5. The Kier molecular flexibility index (Phi) is 6.05. The van der Waals surface area contributed by atoms with Crippen molar-refractivity contribution in [2.75, 3.05) is 33.7 Å². The van der Waals surface area contributed by atoms with Gasteiger partial charge in [0.2, 0.25) is 0 Å². The first kappa shape index (κ1) is 17.2. The molecule has 1 N–H and O–H groups in total. The summed E-state index contributed by atoms with van der Waals surface area (Å²) < 4.78 is 28.9. The van der Waals surface area contributed by atoms with E-state index in [1.54, 1.807) is 15.7 Å². The van der Waals surface area contributed by atoms with E-state index in [4.69, 9.17) is 0 Å². The van der Waals surface area contributed by atoms with E-state index in [1.807, 2.05) is 7.05 Å². The summed E-state index contributed by atoms with van der Waals surface area (Å²) in [4.78, 5) is 0. The molecule has 0 bridgehead atoms. The zero-order valence-electron chi connectivity index (χ0n) is 13.7. The minimum atomic E-state index is -3.28. The topological polar surface area (TPSA) is 52.7 Å². The highest BCUT2D eigenvalue weighted by Crippen LogP contribution is 2.29. The van der Waals surface area contributed by atoms with Gasteiger partial charge in [0.25, 0.3) is 10.2 Å². The molecule has 0 aromatic carbocycles. The number of hydrogen-bond acceptors (Lipinski definition) is 3. The van der Waals surface area contributed by atoms with Crippen LogP contribution in [0.1, 0.15) is 45.4 Å². The van der Waals surface area contributed by atoms with Gasteiger partial charge in [-0.2, -0.15) is 17.0 Å². The maximum absolute atomic E-state index is 12.8. The molecular weight excluding hydrogens is 286 g/mol. The molecule has 1 aliphatic heterocycles. The Morgan fingerprint density at radius 3 is 2.43 bits per heavy atom. The Morgan fingerprint density at radius 1 is 1.19 bits per heavy atom. The Balaban J connectivity index is 1.94. The van der Waals surface area contributed by atoms with Crippen molar-refractivity contribution >= 4 is 10.2 Å². The fourth-order valence-electron chi connectivity index (χ4n) is 3.74.